The van der Waals surface area contributed by atoms with Gasteiger partial charge in [-0.25, -0.2) is 4.79 Å². The normalized spacial score (nSPS) is 22.5. The van der Waals surface area contributed by atoms with Gasteiger partial charge in [-0.3, -0.25) is 4.84 Å². The maximum absolute atomic E-state index is 11.2. The highest BCUT2D eigenvalue weighted by Crippen LogP contribution is 2.27. The van der Waals surface area contributed by atoms with Crippen molar-refractivity contribution in [2.75, 3.05) is 18.1 Å². The van der Waals surface area contributed by atoms with Crippen molar-refractivity contribution in [3.8, 4) is 0 Å². The number of hydrogen-bond acceptors (Lipinski definition) is 6. The average molecular weight is 327 g/mol. The lowest BCUT2D eigenvalue weighted by atomic mass is 10.5. The molecule has 1 N–H and O–H groups in total. The summed E-state index contributed by atoms with van der Waals surface area (Å²) in [6.07, 6.45) is 1.51. The Morgan fingerprint density at radius 1 is 1.74 bits per heavy atom. The molecular weight excluding hydrogens is 308 g/mol. The molecule has 1 aliphatic rings. The van der Waals surface area contributed by atoms with Crippen molar-refractivity contribution < 1.29 is 14.4 Å². The van der Waals surface area contributed by atoms with Gasteiger partial charge in [0.1, 0.15) is 16.0 Å². The first-order valence-corrected chi connectivity index (χ1v) is 8.63. The molecule has 110 valence electrons. The summed E-state index contributed by atoms with van der Waals surface area (Å²) in [6.45, 7) is 4.20. The van der Waals surface area contributed by atoms with E-state index in [1.807, 2.05) is 11.8 Å². The molecule has 0 aromatic carbocycles. The molecule has 0 aliphatic carbocycles. The second-order valence-electron chi connectivity index (χ2n) is 3.88. The molecule has 0 aromatic rings. The van der Waals surface area contributed by atoms with E-state index in [0.717, 1.165) is 12.2 Å². The van der Waals surface area contributed by atoms with Crippen molar-refractivity contribution >= 4 is 46.3 Å². The molecule has 0 saturated carbocycles. The monoisotopic (exact) mass is 326 g/mol. The summed E-state index contributed by atoms with van der Waals surface area (Å²) < 4.78 is 5.54. The summed E-state index contributed by atoms with van der Waals surface area (Å²) in [6, 6.07) is 0. The predicted molar refractivity (Wildman–Crippen MR) is 81.9 cm³/mol. The van der Waals surface area contributed by atoms with Crippen LogP contribution >= 0.6 is 35.1 Å². The number of carbonyl (C=O) groups excluding carboxylic acids is 1. The minimum atomic E-state index is -0.655. The van der Waals surface area contributed by atoms with Gasteiger partial charge in [-0.05, 0) is 31.3 Å². The van der Waals surface area contributed by atoms with E-state index >= 15 is 0 Å². The van der Waals surface area contributed by atoms with Crippen LogP contribution in [-0.2, 0) is 9.57 Å². The Morgan fingerprint density at radius 3 is 3.21 bits per heavy atom. The number of oxime groups is 1. The number of thioether (sulfide) groups is 2. The van der Waals surface area contributed by atoms with Gasteiger partial charge in [0.2, 0.25) is 0 Å². The number of ether oxygens (including phenoxy) is 1. The summed E-state index contributed by atoms with van der Waals surface area (Å²) >= 11 is 9.01. The second kappa shape index (κ2) is 9.74. The van der Waals surface area contributed by atoms with Gasteiger partial charge in [0.25, 0.3) is 0 Å². The molecule has 1 amide bonds. The number of rotatable bonds is 7. The zero-order chi connectivity index (χ0) is 14.1. The zero-order valence-electron chi connectivity index (χ0n) is 11.1. The van der Waals surface area contributed by atoms with Crippen LogP contribution in [0.1, 0.15) is 26.7 Å². The Labute approximate surface area is 127 Å². The van der Waals surface area contributed by atoms with Crippen LogP contribution in [0.5, 0.6) is 0 Å². The molecule has 5 nitrogen and oxygen atoms in total. The highest BCUT2D eigenvalue weighted by molar-refractivity contribution is 8.14. The Kier molecular flexibility index (Phi) is 8.69. The van der Waals surface area contributed by atoms with E-state index in [9.17, 15) is 4.79 Å². The Morgan fingerprint density at radius 2 is 2.53 bits per heavy atom. The summed E-state index contributed by atoms with van der Waals surface area (Å²) in [7, 11) is 0. The fraction of sp³-hybridized carbons (Fsp3) is 0.818. The molecule has 1 saturated heterocycles. The van der Waals surface area contributed by atoms with Crippen LogP contribution in [0.3, 0.4) is 0 Å². The van der Waals surface area contributed by atoms with Gasteiger partial charge in [0.15, 0.2) is 0 Å². The van der Waals surface area contributed by atoms with Crippen LogP contribution in [0.15, 0.2) is 5.16 Å². The van der Waals surface area contributed by atoms with E-state index in [1.165, 1.54) is 23.9 Å². The molecule has 2 atom stereocenters. The number of amides is 1. The van der Waals surface area contributed by atoms with Crippen LogP contribution in [0.2, 0.25) is 0 Å². The molecule has 0 aromatic heterocycles. The van der Waals surface area contributed by atoms with E-state index in [-0.39, 0.29) is 5.44 Å². The predicted octanol–water partition coefficient (Wildman–Crippen LogP) is 3.23. The topological polar surface area (TPSA) is 59.9 Å². The van der Waals surface area contributed by atoms with Crippen molar-refractivity contribution in [2.45, 2.75) is 37.6 Å². The number of nitrogens with zero attached hydrogens (tertiary/aromatic N) is 1. The maximum atomic E-state index is 11.2. The first-order chi connectivity index (χ1) is 9.11. The maximum Gasteiger partial charge on any atom is 0.434 e. The van der Waals surface area contributed by atoms with Gasteiger partial charge >= 0.3 is 6.09 Å². The molecule has 1 heterocycles. The standard InChI is InChI=1S/C11H19ClN2O3S2/c1-3-5-18-6-4-10-16-7-9(19-10)14-17-11(15)13-8(2)12/h8,10H,3-7H2,1-2H3,(H,13,15). The number of carbonyl (C=O) groups is 1. The zero-order valence-corrected chi connectivity index (χ0v) is 13.4. The van der Waals surface area contributed by atoms with Crippen molar-refractivity contribution in [1.29, 1.82) is 0 Å². The highest BCUT2D eigenvalue weighted by atomic mass is 35.5. The van der Waals surface area contributed by atoms with Crippen LogP contribution in [-0.4, -0.2) is 40.2 Å². The molecule has 1 fully saturated rings. The van der Waals surface area contributed by atoms with Crippen LogP contribution in [0, 0.1) is 0 Å². The number of hydrogen-bond donors (Lipinski definition) is 1. The van der Waals surface area contributed by atoms with Crippen LogP contribution in [0.25, 0.3) is 0 Å². The van der Waals surface area contributed by atoms with E-state index in [0.29, 0.717) is 11.7 Å². The summed E-state index contributed by atoms with van der Waals surface area (Å²) in [5, 5.41) is 6.80. The average Bonchev–Trinajstić information content (AvgIpc) is 2.79. The summed E-state index contributed by atoms with van der Waals surface area (Å²) in [4.78, 5) is 15.8. The first-order valence-electron chi connectivity index (χ1n) is 6.16. The third kappa shape index (κ3) is 7.91. The third-order valence-corrected chi connectivity index (χ3v) is 4.48. The number of halogens is 1. The minimum absolute atomic E-state index is 0.113. The Hall–Kier alpha value is -0.110. The van der Waals surface area contributed by atoms with Crippen molar-refractivity contribution in [3.63, 3.8) is 0 Å². The van der Waals surface area contributed by atoms with E-state index in [1.54, 1.807) is 6.92 Å². The fourth-order valence-corrected chi connectivity index (χ4v) is 3.28. The molecular formula is C11H19ClN2O3S2. The fourth-order valence-electron chi connectivity index (χ4n) is 1.28. The molecule has 0 radical (unpaired) electrons. The molecule has 2 unspecified atom stereocenters. The third-order valence-electron chi connectivity index (χ3n) is 2.05. The van der Waals surface area contributed by atoms with Crippen molar-refractivity contribution in [1.82, 2.24) is 5.32 Å². The lowest BCUT2D eigenvalue weighted by molar-refractivity contribution is 0.143. The molecule has 19 heavy (non-hydrogen) atoms. The summed E-state index contributed by atoms with van der Waals surface area (Å²) in [5.74, 6) is 2.25. The second-order valence-corrected chi connectivity index (χ2v) is 7.00. The molecule has 0 spiro atoms. The Balaban J connectivity index is 2.18. The Bertz CT molecular complexity index is 316. The van der Waals surface area contributed by atoms with Gasteiger partial charge in [-0.1, -0.05) is 35.4 Å². The largest absolute Gasteiger partial charge is 0.434 e. The van der Waals surface area contributed by atoms with Crippen molar-refractivity contribution in [2.24, 2.45) is 5.16 Å². The smallest absolute Gasteiger partial charge is 0.360 e. The van der Waals surface area contributed by atoms with Crippen molar-refractivity contribution in [3.05, 3.63) is 0 Å². The SMILES string of the molecule is CCCSCCC1OCC(=NOC(=O)NC(C)Cl)S1. The van der Waals surface area contributed by atoms with Crippen LogP contribution in [0.4, 0.5) is 4.79 Å². The molecule has 1 rings (SSSR count). The van der Waals surface area contributed by atoms with Crippen LogP contribution < -0.4 is 5.32 Å². The van der Waals surface area contributed by atoms with Gasteiger partial charge in [-0.15, -0.1) is 0 Å². The lowest BCUT2D eigenvalue weighted by Crippen LogP contribution is -2.28. The number of nitrogens with one attached hydrogen (secondary N) is 1. The molecule has 8 heteroatoms. The van der Waals surface area contributed by atoms with E-state index in [2.05, 4.69) is 22.2 Å². The highest BCUT2D eigenvalue weighted by Gasteiger charge is 2.23. The summed E-state index contributed by atoms with van der Waals surface area (Å²) in [5.41, 5.74) is -0.370. The van der Waals surface area contributed by atoms with Gasteiger partial charge in [-0.2, -0.15) is 11.8 Å². The molecule has 1 aliphatic heterocycles. The van der Waals surface area contributed by atoms with E-state index < -0.39 is 11.6 Å². The molecule has 0 bridgehead atoms. The number of alkyl halides is 1. The van der Waals surface area contributed by atoms with Gasteiger partial charge < -0.3 is 10.1 Å². The quantitative estimate of drug-likeness (QED) is 0.256. The lowest BCUT2D eigenvalue weighted by Gasteiger charge is -2.06. The van der Waals surface area contributed by atoms with Gasteiger partial charge in [0.05, 0.1) is 6.61 Å². The van der Waals surface area contributed by atoms with E-state index in [4.69, 9.17) is 16.3 Å². The minimum Gasteiger partial charge on any atom is -0.360 e. The first kappa shape index (κ1) is 16.9. The van der Waals surface area contributed by atoms with Gasteiger partial charge in [0, 0.05) is 0 Å².